The molecule has 0 aromatic carbocycles. The van der Waals surface area contributed by atoms with Crippen molar-refractivity contribution in [1.29, 1.82) is 0 Å². The zero-order chi connectivity index (χ0) is 12.2. The van der Waals surface area contributed by atoms with E-state index in [1.54, 1.807) is 0 Å². The van der Waals surface area contributed by atoms with Crippen LogP contribution in [0.25, 0.3) is 0 Å². The number of rotatable bonds is 1. The summed E-state index contributed by atoms with van der Waals surface area (Å²) in [6.07, 6.45) is 0.950. The van der Waals surface area contributed by atoms with Gasteiger partial charge >= 0.3 is 0 Å². The predicted molar refractivity (Wildman–Crippen MR) is 64.3 cm³/mol. The van der Waals surface area contributed by atoms with E-state index in [1.165, 1.54) is 0 Å². The van der Waals surface area contributed by atoms with E-state index in [9.17, 15) is 5.11 Å². The Labute approximate surface area is 99.6 Å². The van der Waals surface area contributed by atoms with Crippen LogP contribution in [0.3, 0.4) is 0 Å². The molecule has 3 heterocycles. The molecular weight excluding hydrogens is 220 g/mol. The van der Waals surface area contributed by atoms with Gasteiger partial charge in [-0.1, -0.05) is 6.92 Å². The number of aliphatic hydroxyl groups excluding tert-OH is 1. The van der Waals surface area contributed by atoms with E-state index in [2.05, 4.69) is 15.3 Å². The van der Waals surface area contributed by atoms with Crippen molar-refractivity contribution in [3.05, 3.63) is 0 Å². The molecule has 7 heteroatoms. The summed E-state index contributed by atoms with van der Waals surface area (Å²) in [7, 11) is 0. The molecule has 7 nitrogen and oxygen atoms in total. The number of hydrogen-bond acceptors (Lipinski definition) is 7. The number of guanidine groups is 2. The third-order valence-electron chi connectivity index (χ3n) is 4.00. The van der Waals surface area contributed by atoms with E-state index < -0.39 is 11.8 Å². The summed E-state index contributed by atoms with van der Waals surface area (Å²) in [4.78, 5) is 10.8. The fourth-order valence-electron chi connectivity index (χ4n) is 3.21. The highest BCUT2D eigenvalue weighted by Gasteiger charge is 2.61. The number of aliphatic imine (C=N–C) groups is 2. The van der Waals surface area contributed by atoms with Crippen LogP contribution in [0.2, 0.25) is 0 Å². The molecule has 3 aliphatic rings. The summed E-state index contributed by atoms with van der Waals surface area (Å²) in [6, 6.07) is -0.176. The Morgan fingerprint density at radius 1 is 1.53 bits per heavy atom. The Morgan fingerprint density at radius 3 is 3.00 bits per heavy atom. The highest BCUT2D eigenvalue weighted by atomic mass is 16.3. The van der Waals surface area contributed by atoms with E-state index in [0.717, 1.165) is 6.42 Å². The molecule has 94 valence electrons. The SMILES string of the molecule is CCC1N=C(N)N2CCC(O)C23NC(N)=NC13. The van der Waals surface area contributed by atoms with Crippen LogP contribution in [0.4, 0.5) is 0 Å². The second-order valence-electron chi connectivity index (χ2n) is 4.83. The van der Waals surface area contributed by atoms with Crippen LogP contribution >= 0.6 is 0 Å². The number of nitrogens with two attached hydrogens (primary N) is 2. The maximum absolute atomic E-state index is 10.3. The van der Waals surface area contributed by atoms with Gasteiger partial charge in [0.15, 0.2) is 17.6 Å². The molecule has 6 N–H and O–H groups in total. The average molecular weight is 238 g/mol. The van der Waals surface area contributed by atoms with Crippen LogP contribution in [0, 0.1) is 0 Å². The number of nitrogens with zero attached hydrogens (tertiary/aromatic N) is 3. The van der Waals surface area contributed by atoms with Crippen LogP contribution in [0.15, 0.2) is 9.98 Å². The summed E-state index contributed by atoms with van der Waals surface area (Å²) in [5.74, 6) is 0.839. The number of hydrogen-bond donors (Lipinski definition) is 4. The lowest BCUT2D eigenvalue weighted by molar-refractivity contribution is 0.0222. The molecule has 3 aliphatic heterocycles. The minimum atomic E-state index is -0.670. The quantitative estimate of drug-likeness (QED) is 0.428. The third-order valence-corrected chi connectivity index (χ3v) is 4.00. The van der Waals surface area contributed by atoms with Crippen LogP contribution in [0.5, 0.6) is 0 Å². The number of aliphatic hydroxyl groups is 1. The van der Waals surface area contributed by atoms with E-state index in [-0.39, 0.29) is 12.1 Å². The molecule has 17 heavy (non-hydrogen) atoms. The van der Waals surface area contributed by atoms with Crippen molar-refractivity contribution in [3.63, 3.8) is 0 Å². The molecule has 1 saturated heterocycles. The lowest BCUT2D eigenvalue weighted by Crippen LogP contribution is -2.72. The first-order valence-corrected chi connectivity index (χ1v) is 6.00. The monoisotopic (exact) mass is 238 g/mol. The van der Waals surface area contributed by atoms with Gasteiger partial charge in [-0.2, -0.15) is 0 Å². The van der Waals surface area contributed by atoms with Crippen LogP contribution in [-0.2, 0) is 0 Å². The summed E-state index contributed by atoms with van der Waals surface area (Å²) < 4.78 is 0. The second-order valence-corrected chi connectivity index (χ2v) is 4.83. The standard InChI is InChI=1S/C10H18N6O/c1-2-5-7-10(15-8(11)14-7)6(17)3-4-16(10)9(12)13-5/h5-7,17H,2-4H2,1H3,(H2,12,13)(H3,11,14,15). The lowest BCUT2D eigenvalue weighted by Gasteiger charge is -2.46. The maximum Gasteiger partial charge on any atom is 0.193 e. The van der Waals surface area contributed by atoms with Crippen molar-refractivity contribution < 1.29 is 5.11 Å². The molecule has 0 amide bonds. The molecule has 0 aromatic rings. The highest BCUT2D eigenvalue weighted by Crippen LogP contribution is 2.40. The molecule has 1 fully saturated rings. The minimum absolute atomic E-state index is 0.0208. The average Bonchev–Trinajstić information content (AvgIpc) is 2.80. The normalized spacial score (nSPS) is 43.6. The topological polar surface area (TPSA) is 112 Å². The van der Waals surface area contributed by atoms with Crippen molar-refractivity contribution in [2.24, 2.45) is 21.5 Å². The lowest BCUT2D eigenvalue weighted by atomic mass is 9.88. The van der Waals surface area contributed by atoms with Crippen LogP contribution < -0.4 is 16.8 Å². The van der Waals surface area contributed by atoms with Crippen LogP contribution in [-0.4, -0.2) is 52.3 Å². The van der Waals surface area contributed by atoms with Gasteiger partial charge < -0.3 is 26.8 Å². The molecule has 4 atom stereocenters. The molecule has 0 aromatic heterocycles. The summed E-state index contributed by atoms with van der Waals surface area (Å²) >= 11 is 0. The zero-order valence-corrected chi connectivity index (χ0v) is 9.80. The first-order valence-electron chi connectivity index (χ1n) is 6.00. The van der Waals surface area contributed by atoms with E-state index in [0.29, 0.717) is 24.9 Å². The minimum Gasteiger partial charge on any atom is -0.389 e. The van der Waals surface area contributed by atoms with Crippen molar-refractivity contribution in [2.45, 2.75) is 43.6 Å². The second kappa shape index (κ2) is 3.25. The van der Waals surface area contributed by atoms with Crippen LogP contribution in [0.1, 0.15) is 19.8 Å². The Hall–Kier alpha value is -1.50. The van der Waals surface area contributed by atoms with Gasteiger partial charge in [0, 0.05) is 6.54 Å². The van der Waals surface area contributed by atoms with Gasteiger partial charge in [0.05, 0.1) is 12.1 Å². The van der Waals surface area contributed by atoms with Crippen molar-refractivity contribution in [2.75, 3.05) is 6.54 Å². The molecule has 0 aliphatic carbocycles. The van der Waals surface area contributed by atoms with Gasteiger partial charge in [-0.15, -0.1) is 0 Å². The van der Waals surface area contributed by atoms with Gasteiger partial charge in [-0.3, -0.25) is 0 Å². The molecule has 3 rings (SSSR count). The fourth-order valence-corrected chi connectivity index (χ4v) is 3.21. The Bertz CT molecular complexity index is 408. The smallest absolute Gasteiger partial charge is 0.193 e. The van der Waals surface area contributed by atoms with Crippen molar-refractivity contribution in [3.8, 4) is 0 Å². The van der Waals surface area contributed by atoms with Gasteiger partial charge in [-0.05, 0) is 12.8 Å². The maximum atomic E-state index is 10.3. The summed E-state index contributed by atoms with van der Waals surface area (Å²) in [6.45, 7) is 2.72. The molecule has 0 radical (unpaired) electrons. The summed E-state index contributed by atoms with van der Waals surface area (Å²) in [5.41, 5.74) is 11.1. The largest absolute Gasteiger partial charge is 0.389 e. The van der Waals surface area contributed by atoms with Gasteiger partial charge in [0.1, 0.15) is 6.04 Å². The Balaban J connectivity index is 2.10. The number of nitrogens with one attached hydrogen (secondary N) is 1. The van der Waals surface area contributed by atoms with Crippen molar-refractivity contribution >= 4 is 11.9 Å². The van der Waals surface area contributed by atoms with Gasteiger partial charge in [0.25, 0.3) is 0 Å². The van der Waals surface area contributed by atoms with E-state index >= 15 is 0 Å². The Morgan fingerprint density at radius 2 is 2.29 bits per heavy atom. The van der Waals surface area contributed by atoms with Gasteiger partial charge in [-0.25, -0.2) is 9.98 Å². The third kappa shape index (κ3) is 1.14. The highest BCUT2D eigenvalue weighted by molar-refractivity contribution is 5.86. The molecule has 0 bridgehead atoms. The first-order chi connectivity index (χ1) is 8.09. The van der Waals surface area contributed by atoms with Gasteiger partial charge in [0.2, 0.25) is 0 Å². The first kappa shape index (κ1) is 10.6. The van der Waals surface area contributed by atoms with E-state index in [4.69, 9.17) is 11.5 Å². The van der Waals surface area contributed by atoms with E-state index in [1.807, 2.05) is 11.8 Å². The molecule has 0 saturated carbocycles. The fraction of sp³-hybridized carbons (Fsp3) is 0.800. The Kier molecular flexibility index (Phi) is 2.04. The molecular formula is C10H18N6O. The molecule has 4 unspecified atom stereocenters. The summed E-state index contributed by atoms with van der Waals surface area (Å²) in [5, 5.41) is 13.4. The molecule has 1 spiro atoms. The predicted octanol–water partition coefficient (Wildman–Crippen LogP) is -1.86. The van der Waals surface area contributed by atoms with Crippen molar-refractivity contribution in [1.82, 2.24) is 10.2 Å². The zero-order valence-electron chi connectivity index (χ0n) is 9.80.